The van der Waals surface area contributed by atoms with Gasteiger partial charge in [0.25, 0.3) is 0 Å². The van der Waals surface area contributed by atoms with Crippen LogP contribution in [0, 0.1) is 12.8 Å². The maximum atomic E-state index is 11.8. The van der Waals surface area contributed by atoms with E-state index in [0.717, 1.165) is 23.4 Å². The molecule has 3 nitrogen and oxygen atoms in total. The van der Waals surface area contributed by atoms with Crippen molar-refractivity contribution in [1.29, 1.82) is 0 Å². The van der Waals surface area contributed by atoms with E-state index >= 15 is 0 Å². The van der Waals surface area contributed by atoms with Crippen LogP contribution in [0.25, 0.3) is 0 Å². The second kappa shape index (κ2) is 4.16. The lowest BCUT2D eigenvalue weighted by Gasteiger charge is -2.28. The van der Waals surface area contributed by atoms with Crippen LogP contribution < -0.4 is 10.6 Å². The molecule has 0 aromatic heterocycles. The molecule has 1 unspecified atom stereocenters. The van der Waals surface area contributed by atoms with Crippen LogP contribution in [0.3, 0.4) is 0 Å². The highest BCUT2D eigenvalue weighted by molar-refractivity contribution is 6.03. The van der Waals surface area contributed by atoms with Crippen LogP contribution in [0.5, 0.6) is 0 Å². The fourth-order valence-corrected chi connectivity index (χ4v) is 2.00. The van der Waals surface area contributed by atoms with E-state index in [9.17, 15) is 4.79 Å². The largest absolute Gasteiger partial charge is 0.372 e. The summed E-state index contributed by atoms with van der Waals surface area (Å²) in [5.74, 6) is 0.585. The fraction of sp³-hybridized carbons (Fsp3) is 0.462. The molecule has 1 aromatic rings. The van der Waals surface area contributed by atoms with E-state index in [4.69, 9.17) is 0 Å². The van der Waals surface area contributed by atoms with Crippen molar-refractivity contribution in [3.8, 4) is 0 Å². The Kier molecular flexibility index (Phi) is 2.86. The van der Waals surface area contributed by atoms with Gasteiger partial charge in [-0.2, -0.15) is 0 Å². The minimum absolute atomic E-state index is 0.0757. The first-order valence-corrected chi connectivity index (χ1v) is 5.74. The number of hydrogen-bond acceptors (Lipinski definition) is 2. The molecule has 1 aliphatic heterocycles. The summed E-state index contributed by atoms with van der Waals surface area (Å²) in [6, 6.07) is 5.97. The number of benzene rings is 1. The topological polar surface area (TPSA) is 41.1 Å². The summed E-state index contributed by atoms with van der Waals surface area (Å²) in [6.45, 7) is 6.27. The number of nitrogens with one attached hydrogen (secondary N) is 2. The van der Waals surface area contributed by atoms with E-state index in [1.54, 1.807) is 0 Å². The van der Waals surface area contributed by atoms with Crippen LogP contribution in [0.4, 0.5) is 11.4 Å². The molecule has 1 atom stereocenters. The molecule has 1 amide bonds. The fourth-order valence-electron chi connectivity index (χ4n) is 2.00. The van der Waals surface area contributed by atoms with Crippen molar-refractivity contribution in [3.63, 3.8) is 0 Å². The number of hydrogen-bond donors (Lipinski definition) is 2. The maximum absolute atomic E-state index is 11.8. The molecule has 0 bridgehead atoms. The van der Waals surface area contributed by atoms with Crippen molar-refractivity contribution in [2.75, 3.05) is 10.6 Å². The van der Waals surface area contributed by atoms with Gasteiger partial charge in [-0.3, -0.25) is 4.79 Å². The number of carbonyl (C=O) groups is 1. The summed E-state index contributed by atoms with van der Waals surface area (Å²) >= 11 is 0. The Balaban J connectivity index is 2.22. The van der Waals surface area contributed by atoms with Gasteiger partial charge in [0.05, 0.1) is 11.4 Å². The first-order chi connectivity index (χ1) is 7.56. The minimum atomic E-state index is -0.102. The summed E-state index contributed by atoms with van der Waals surface area (Å²) in [5, 5.41) is 6.25. The van der Waals surface area contributed by atoms with Crippen LogP contribution in [-0.2, 0) is 4.79 Å². The number of carbonyl (C=O) groups excluding carboxylic acids is 1. The third kappa shape index (κ3) is 2.18. The summed E-state index contributed by atoms with van der Waals surface area (Å²) in [7, 11) is 0. The molecule has 0 fully saturated rings. The van der Waals surface area contributed by atoms with Crippen molar-refractivity contribution in [2.24, 2.45) is 5.92 Å². The van der Waals surface area contributed by atoms with Crippen molar-refractivity contribution < 1.29 is 4.79 Å². The molecule has 0 aliphatic carbocycles. The predicted molar refractivity (Wildman–Crippen MR) is 66.7 cm³/mol. The van der Waals surface area contributed by atoms with Gasteiger partial charge < -0.3 is 10.6 Å². The second-order valence-electron chi connectivity index (χ2n) is 4.86. The number of anilines is 2. The summed E-state index contributed by atoms with van der Waals surface area (Å²) < 4.78 is 0. The molecule has 1 heterocycles. The Hall–Kier alpha value is -1.51. The van der Waals surface area contributed by atoms with Crippen LogP contribution in [0.15, 0.2) is 18.2 Å². The lowest BCUT2D eigenvalue weighted by molar-refractivity contribution is -0.117. The highest BCUT2D eigenvalue weighted by Crippen LogP contribution is 2.29. The van der Waals surface area contributed by atoms with Crippen molar-refractivity contribution in [1.82, 2.24) is 0 Å². The van der Waals surface area contributed by atoms with E-state index in [0.29, 0.717) is 5.92 Å². The average Bonchev–Trinajstić information content (AvgIpc) is 2.19. The number of fused-ring (bicyclic) bond motifs is 1. The normalized spacial score (nSPS) is 19.0. The molecule has 3 heteroatoms. The average molecular weight is 218 g/mol. The monoisotopic (exact) mass is 218 g/mol. The number of rotatable bonds is 2. The summed E-state index contributed by atoms with van der Waals surface area (Å²) in [4.78, 5) is 11.8. The van der Waals surface area contributed by atoms with Gasteiger partial charge in [0.2, 0.25) is 5.91 Å². The van der Waals surface area contributed by atoms with Gasteiger partial charge in [0.15, 0.2) is 0 Å². The lowest BCUT2D eigenvalue weighted by Crippen LogP contribution is -2.39. The Bertz CT molecular complexity index is 412. The quantitative estimate of drug-likeness (QED) is 0.801. The van der Waals surface area contributed by atoms with Crippen molar-refractivity contribution in [3.05, 3.63) is 23.8 Å². The second-order valence-corrected chi connectivity index (χ2v) is 4.86. The van der Waals surface area contributed by atoms with Gasteiger partial charge in [-0.15, -0.1) is 0 Å². The van der Waals surface area contributed by atoms with E-state index in [-0.39, 0.29) is 11.9 Å². The van der Waals surface area contributed by atoms with Gasteiger partial charge in [-0.25, -0.2) is 0 Å². The Morgan fingerprint density at radius 2 is 2.06 bits per heavy atom. The van der Waals surface area contributed by atoms with Gasteiger partial charge in [-0.05, 0) is 37.0 Å². The Morgan fingerprint density at radius 1 is 1.31 bits per heavy atom. The van der Waals surface area contributed by atoms with Gasteiger partial charge in [-0.1, -0.05) is 19.9 Å². The zero-order valence-corrected chi connectivity index (χ0v) is 10.0. The van der Waals surface area contributed by atoms with Crippen LogP contribution in [0.2, 0.25) is 0 Å². The minimum Gasteiger partial charge on any atom is -0.372 e. The van der Waals surface area contributed by atoms with E-state index < -0.39 is 0 Å². The number of aryl methyl sites for hydroxylation is 1. The number of amides is 1. The first kappa shape index (κ1) is 11.0. The van der Waals surface area contributed by atoms with E-state index in [1.807, 2.05) is 19.1 Å². The SMILES string of the molecule is Cc1ccc2c(c1)NC(=O)C(CC(C)C)N2. The van der Waals surface area contributed by atoms with Crippen LogP contribution >= 0.6 is 0 Å². The summed E-state index contributed by atoms with van der Waals surface area (Å²) in [6.07, 6.45) is 0.860. The highest BCUT2D eigenvalue weighted by Gasteiger charge is 2.25. The first-order valence-electron chi connectivity index (χ1n) is 5.74. The molecular formula is C13H18N2O. The van der Waals surface area contributed by atoms with Gasteiger partial charge in [0, 0.05) is 0 Å². The lowest BCUT2D eigenvalue weighted by atomic mass is 10.0. The van der Waals surface area contributed by atoms with Crippen LogP contribution in [-0.4, -0.2) is 11.9 Å². The molecule has 0 radical (unpaired) electrons. The van der Waals surface area contributed by atoms with Crippen molar-refractivity contribution >= 4 is 17.3 Å². The zero-order chi connectivity index (χ0) is 11.7. The molecule has 1 aromatic carbocycles. The zero-order valence-electron chi connectivity index (χ0n) is 10.0. The Labute approximate surface area is 96.2 Å². The molecule has 0 saturated heterocycles. The summed E-state index contributed by atoms with van der Waals surface area (Å²) in [5.41, 5.74) is 3.07. The maximum Gasteiger partial charge on any atom is 0.246 e. The molecule has 16 heavy (non-hydrogen) atoms. The standard InChI is InChI=1S/C13H18N2O/c1-8(2)6-12-13(16)15-11-7-9(3)4-5-10(11)14-12/h4-5,7-8,12,14H,6H2,1-3H3,(H,15,16). The van der Waals surface area contributed by atoms with Gasteiger partial charge >= 0.3 is 0 Å². The molecule has 2 N–H and O–H groups in total. The Morgan fingerprint density at radius 3 is 2.75 bits per heavy atom. The van der Waals surface area contributed by atoms with E-state index in [1.165, 1.54) is 0 Å². The van der Waals surface area contributed by atoms with Crippen LogP contribution in [0.1, 0.15) is 25.8 Å². The molecule has 86 valence electrons. The predicted octanol–water partition coefficient (Wildman–Crippen LogP) is 2.77. The molecule has 1 aliphatic rings. The van der Waals surface area contributed by atoms with Crippen molar-refractivity contribution in [2.45, 2.75) is 33.2 Å². The third-order valence-electron chi connectivity index (χ3n) is 2.79. The smallest absolute Gasteiger partial charge is 0.246 e. The van der Waals surface area contributed by atoms with E-state index in [2.05, 4.69) is 30.5 Å². The molecule has 0 spiro atoms. The molecule has 2 rings (SSSR count). The molecular weight excluding hydrogens is 200 g/mol. The third-order valence-corrected chi connectivity index (χ3v) is 2.79. The van der Waals surface area contributed by atoms with Gasteiger partial charge in [0.1, 0.15) is 6.04 Å². The molecule has 0 saturated carbocycles. The highest BCUT2D eigenvalue weighted by atomic mass is 16.2.